The molecule has 154 valence electrons. The minimum Gasteiger partial charge on any atom is -0.454 e. The number of ether oxygens (including phenoxy) is 1. The maximum Gasteiger partial charge on any atom is 0.331 e. The molecule has 30 heavy (non-hydrogen) atoms. The van der Waals surface area contributed by atoms with E-state index in [0.717, 1.165) is 11.8 Å². The molecule has 0 aliphatic rings. The lowest BCUT2D eigenvalue weighted by Crippen LogP contribution is -2.13. The number of Topliss-reactive ketones (excluding diaryl/α,β-unsaturated/α-hetero) is 1. The fourth-order valence-corrected chi connectivity index (χ4v) is 3.07. The van der Waals surface area contributed by atoms with Gasteiger partial charge in [0.15, 0.2) is 12.4 Å². The summed E-state index contributed by atoms with van der Waals surface area (Å²) in [4.78, 5) is 35.0. The van der Waals surface area contributed by atoms with E-state index in [0.29, 0.717) is 22.8 Å². The third kappa shape index (κ3) is 4.35. The summed E-state index contributed by atoms with van der Waals surface area (Å²) in [5.74, 6) is 0.0557. The van der Waals surface area contributed by atoms with Gasteiger partial charge in [0, 0.05) is 35.2 Å². The number of aryl methyl sites for hydroxylation is 2. The van der Waals surface area contributed by atoms with Crippen LogP contribution >= 0.6 is 0 Å². The first kappa shape index (κ1) is 20.7. The van der Waals surface area contributed by atoms with E-state index in [-0.39, 0.29) is 17.0 Å². The largest absolute Gasteiger partial charge is 0.454 e. The number of esters is 1. The van der Waals surface area contributed by atoms with Crippen LogP contribution in [-0.4, -0.2) is 33.0 Å². The van der Waals surface area contributed by atoms with Gasteiger partial charge in [-0.3, -0.25) is 19.5 Å². The van der Waals surface area contributed by atoms with Crippen LogP contribution in [0.3, 0.4) is 0 Å². The van der Waals surface area contributed by atoms with Crippen LogP contribution in [0.25, 0.3) is 11.9 Å². The van der Waals surface area contributed by atoms with E-state index in [2.05, 4.69) is 5.16 Å². The van der Waals surface area contributed by atoms with Crippen LogP contribution in [0.15, 0.2) is 47.0 Å². The molecule has 0 saturated heterocycles. The van der Waals surface area contributed by atoms with E-state index in [1.807, 2.05) is 6.92 Å². The second kappa shape index (κ2) is 8.56. The minimum atomic E-state index is -0.776. The van der Waals surface area contributed by atoms with Crippen molar-refractivity contribution in [3.63, 3.8) is 0 Å². The molecule has 9 nitrogen and oxygen atoms in total. The molecule has 0 N–H and O–H groups in total. The van der Waals surface area contributed by atoms with E-state index >= 15 is 0 Å². The van der Waals surface area contributed by atoms with Crippen LogP contribution in [0.1, 0.15) is 33.1 Å². The van der Waals surface area contributed by atoms with E-state index in [1.165, 1.54) is 24.3 Å². The fraction of sp³-hybridized carbons (Fsp3) is 0.190. The topological polar surface area (TPSA) is 117 Å². The zero-order chi connectivity index (χ0) is 21.8. The number of aromatic nitrogens is 2. The molecule has 3 rings (SSSR count). The minimum absolute atomic E-state index is 0.131. The van der Waals surface area contributed by atoms with Gasteiger partial charge in [-0.05, 0) is 39.0 Å². The first-order chi connectivity index (χ1) is 14.3. The number of nitro benzene ring substituents is 1. The van der Waals surface area contributed by atoms with E-state index in [9.17, 15) is 19.7 Å². The van der Waals surface area contributed by atoms with Crippen molar-refractivity contribution in [1.29, 1.82) is 0 Å². The lowest BCUT2D eigenvalue weighted by Gasteiger charge is -2.05. The van der Waals surface area contributed by atoms with Crippen LogP contribution in [0.5, 0.6) is 0 Å². The Kier molecular flexibility index (Phi) is 5.91. The van der Waals surface area contributed by atoms with Gasteiger partial charge in [0.2, 0.25) is 5.78 Å². The smallest absolute Gasteiger partial charge is 0.331 e. The summed E-state index contributed by atoms with van der Waals surface area (Å²) in [6.45, 7) is 4.91. The van der Waals surface area contributed by atoms with Crippen LogP contribution < -0.4 is 0 Å². The molecule has 0 radical (unpaired) electrons. The first-order valence-electron chi connectivity index (χ1n) is 9.02. The normalized spacial score (nSPS) is 11.0. The highest BCUT2D eigenvalue weighted by atomic mass is 16.6. The number of carbonyl (C=O) groups is 2. The lowest BCUT2D eigenvalue weighted by atomic mass is 10.1. The number of hydrogen-bond donors (Lipinski definition) is 0. The van der Waals surface area contributed by atoms with Gasteiger partial charge in [-0.1, -0.05) is 17.3 Å². The quantitative estimate of drug-likeness (QED) is 0.192. The van der Waals surface area contributed by atoms with E-state index < -0.39 is 17.5 Å². The molecule has 1 aromatic carbocycles. The molecular weight excluding hydrogens is 390 g/mol. The van der Waals surface area contributed by atoms with Crippen LogP contribution in [0.2, 0.25) is 0 Å². The van der Waals surface area contributed by atoms with Crippen molar-refractivity contribution in [1.82, 2.24) is 9.72 Å². The summed E-state index contributed by atoms with van der Waals surface area (Å²) < 4.78 is 11.9. The number of rotatable bonds is 7. The number of nitro groups is 1. The Balaban J connectivity index is 1.68. The number of carbonyl (C=O) groups excluding carboxylic acids is 2. The van der Waals surface area contributed by atoms with Gasteiger partial charge >= 0.3 is 5.97 Å². The maximum atomic E-state index is 12.5. The second-order valence-electron chi connectivity index (χ2n) is 6.60. The van der Waals surface area contributed by atoms with Crippen molar-refractivity contribution >= 4 is 23.5 Å². The van der Waals surface area contributed by atoms with Crippen molar-refractivity contribution < 1.29 is 23.8 Å². The standard InChI is InChI=1S/C21H19N3O6/c1-13-10-17(15(3)23(13)20-11-14(2)30-22-20)19(25)12-29-21(26)9-8-16-6-4-5-7-18(16)24(27)28/h4-11H,12H2,1-3H3/b9-8+. The molecule has 9 heteroatoms. The van der Waals surface area contributed by atoms with Crippen molar-refractivity contribution in [2.45, 2.75) is 20.8 Å². The number of benzene rings is 1. The van der Waals surface area contributed by atoms with Crippen molar-refractivity contribution in [3.8, 4) is 5.82 Å². The summed E-state index contributed by atoms with van der Waals surface area (Å²) in [5, 5.41) is 15.0. The van der Waals surface area contributed by atoms with Gasteiger partial charge in [-0.15, -0.1) is 0 Å². The monoisotopic (exact) mass is 409 g/mol. The average Bonchev–Trinajstić information content (AvgIpc) is 3.26. The number of nitrogens with zero attached hydrogens (tertiary/aromatic N) is 3. The van der Waals surface area contributed by atoms with E-state index in [4.69, 9.17) is 9.26 Å². The molecule has 0 saturated carbocycles. The Morgan fingerprint density at radius 3 is 2.63 bits per heavy atom. The van der Waals surface area contributed by atoms with Gasteiger partial charge in [-0.25, -0.2) is 4.79 Å². The number of ketones is 1. The SMILES string of the molecule is Cc1cc(-n2c(C)cc(C(=O)COC(=O)/C=C/c3ccccc3[N+](=O)[O-])c2C)no1. The zero-order valence-corrected chi connectivity index (χ0v) is 16.6. The molecule has 0 aliphatic carbocycles. The molecule has 2 heterocycles. The molecule has 0 unspecified atom stereocenters. The Morgan fingerprint density at radius 1 is 1.23 bits per heavy atom. The Hall–Kier alpha value is -4.01. The molecule has 0 bridgehead atoms. The highest BCUT2D eigenvalue weighted by Gasteiger charge is 2.19. The molecule has 0 atom stereocenters. The summed E-state index contributed by atoms with van der Waals surface area (Å²) in [7, 11) is 0. The van der Waals surface area contributed by atoms with Crippen molar-refractivity contribution in [2.24, 2.45) is 0 Å². The Bertz CT molecular complexity index is 1160. The third-order valence-electron chi connectivity index (χ3n) is 4.45. The highest BCUT2D eigenvalue weighted by molar-refractivity contribution is 6.00. The summed E-state index contributed by atoms with van der Waals surface area (Å²) in [6.07, 6.45) is 2.33. The maximum absolute atomic E-state index is 12.5. The summed E-state index contributed by atoms with van der Waals surface area (Å²) in [5.41, 5.74) is 1.97. The molecule has 0 amide bonds. The van der Waals surface area contributed by atoms with Crippen LogP contribution in [0.4, 0.5) is 5.69 Å². The predicted octanol–water partition coefficient (Wildman–Crippen LogP) is 3.74. The zero-order valence-electron chi connectivity index (χ0n) is 16.6. The molecule has 0 fully saturated rings. The second-order valence-corrected chi connectivity index (χ2v) is 6.60. The van der Waals surface area contributed by atoms with Gasteiger partial charge in [0.1, 0.15) is 5.76 Å². The molecule has 2 aromatic heterocycles. The molecule has 0 spiro atoms. The predicted molar refractivity (Wildman–Crippen MR) is 107 cm³/mol. The highest BCUT2D eigenvalue weighted by Crippen LogP contribution is 2.21. The Morgan fingerprint density at radius 2 is 1.97 bits per heavy atom. The Labute approximate surface area is 171 Å². The molecular formula is C21H19N3O6. The van der Waals surface area contributed by atoms with Crippen molar-refractivity contribution in [3.05, 3.63) is 80.9 Å². The van der Waals surface area contributed by atoms with Gasteiger partial charge in [0.05, 0.1) is 10.5 Å². The average molecular weight is 409 g/mol. The fourth-order valence-electron chi connectivity index (χ4n) is 3.07. The number of hydrogen-bond acceptors (Lipinski definition) is 7. The van der Waals surface area contributed by atoms with Gasteiger partial charge in [0.25, 0.3) is 5.69 Å². The van der Waals surface area contributed by atoms with Crippen molar-refractivity contribution in [2.75, 3.05) is 6.61 Å². The summed E-state index contributed by atoms with van der Waals surface area (Å²) in [6, 6.07) is 9.44. The van der Waals surface area contributed by atoms with Gasteiger partial charge in [-0.2, -0.15) is 0 Å². The molecule has 3 aromatic rings. The third-order valence-corrected chi connectivity index (χ3v) is 4.45. The van der Waals surface area contributed by atoms with E-state index in [1.54, 1.807) is 36.6 Å². The molecule has 0 aliphatic heterocycles. The van der Waals surface area contributed by atoms with Gasteiger partial charge < -0.3 is 9.26 Å². The summed E-state index contributed by atoms with van der Waals surface area (Å²) >= 11 is 0. The van der Waals surface area contributed by atoms with Crippen LogP contribution in [-0.2, 0) is 9.53 Å². The lowest BCUT2D eigenvalue weighted by molar-refractivity contribution is -0.385. The first-order valence-corrected chi connectivity index (χ1v) is 9.02. The number of para-hydroxylation sites is 1. The van der Waals surface area contributed by atoms with Crippen LogP contribution in [0, 0.1) is 30.9 Å².